The molecule has 0 saturated carbocycles. The molecule has 3 N–H and O–H groups in total. The van der Waals surface area contributed by atoms with Crippen molar-refractivity contribution in [1.29, 1.82) is 0 Å². The number of nitrogens with two attached hydrogens (primary N) is 1. The number of nitrogens with zero attached hydrogens (tertiary/aromatic N) is 2. The molecule has 4 nitrogen and oxygen atoms in total. The third kappa shape index (κ3) is 3.82. The average Bonchev–Trinajstić information content (AvgIpc) is 2.76. The zero-order valence-electron chi connectivity index (χ0n) is 9.78. The molecule has 1 aromatic carbocycles. The van der Waals surface area contributed by atoms with Crippen molar-refractivity contribution in [2.75, 3.05) is 11.2 Å². The molecule has 0 aliphatic carbocycles. The Bertz CT molecular complexity index is 639. The van der Waals surface area contributed by atoms with Gasteiger partial charge in [0.1, 0.15) is 5.82 Å². The summed E-state index contributed by atoms with van der Waals surface area (Å²) in [4.78, 5) is 3.91. The Balaban J connectivity index is 2.16. The lowest BCUT2D eigenvalue weighted by Gasteiger charge is -2.08. The first-order valence-corrected chi connectivity index (χ1v) is 7.19. The van der Waals surface area contributed by atoms with Crippen molar-refractivity contribution < 1.29 is 13.2 Å². The number of nitrogen functional groups attached to an aromatic ring is 1. The Morgan fingerprint density at radius 3 is 2.75 bits per heavy atom. The molecule has 2 rings (SSSR count). The van der Waals surface area contributed by atoms with Crippen LogP contribution in [0.1, 0.15) is 11.1 Å². The van der Waals surface area contributed by atoms with Crippen LogP contribution in [0.25, 0.3) is 0 Å². The molecule has 1 heterocycles. The van der Waals surface area contributed by atoms with Gasteiger partial charge in [0.2, 0.25) is 5.13 Å². The van der Waals surface area contributed by atoms with Crippen molar-refractivity contribution in [3.63, 3.8) is 0 Å². The van der Waals surface area contributed by atoms with Crippen LogP contribution in [0.15, 0.2) is 28.7 Å². The molecule has 106 valence electrons. The van der Waals surface area contributed by atoms with E-state index in [2.05, 4.69) is 15.5 Å². The Kier molecular flexibility index (Phi) is 4.48. The second-order valence-electron chi connectivity index (χ2n) is 3.68. The van der Waals surface area contributed by atoms with Gasteiger partial charge >= 0.3 is 6.18 Å². The maximum absolute atomic E-state index is 12.6. The summed E-state index contributed by atoms with van der Waals surface area (Å²) < 4.78 is 38.5. The van der Waals surface area contributed by atoms with Crippen molar-refractivity contribution in [3.05, 3.63) is 38.3 Å². The van der Waals surface area contributed by atoms with E-state index in [1.54, 1.807) is 5.38 Å². The van der Waals surface area contributed by atoms with Crippen LogP contribution in [0.5, 0.6) is 0 Å². The zero-order chi connectivity index (χ0) is 14.8. The predicted octanol–water partition coefficient (Wildman–Crippen LogP) is 3.79. The van der Waals surface area contributed by atoms with Crippen LogP contribution in [-0.4, -0.2) is 11.2 Å². The van der Waals surface area contributed by atoms with Gasteiger partial charge in [-0.1, -0.05) is 0 Å². The summed E-state index contributed by atoms with van der Waals surface area (Å²) in [5.74, 6) is 0.362. The molecule has 0 aliphatic heterocycles. The third-order valence-electron chi connectivity index (χ3n) is 2.21. The van der Waals surface area contributed by atoms with Crippen molar-refractivity contribution >= 4 is 51.1 Å². The molecule has 20 heavy (non-hydrogen) atoms. The highest BCUT2D eigenvalue weighted by atomic mass is 127. The van der Waals surface area contributed by atoms with E-state index in [4.69, 9.17) is 5.73 Å². The lowest BCUT2D eigenvalue weighted by Crippen LogP contribution is -2.06. The van der Waals surface area contributed by atoms with Gasteiger partial charge in [0.05, 0.1) is 11.8 Å². The number of anilines is 2. The van der Waals surface area contributed by atoms with E-state index >= 15 is 0 Å². The summed E-state index contributed by atoms with van der Waals surface area (Å²) in [5, 5.41) is 5.96. The molecule has 0 fully saturated rings. The summed E-state index contributed by atoms with van der Waals surface area (Å²) in [6.45, 7) is 0. The molecule has 0 bridgehead atoms. The minimum atomic E-state index is -4.37. The lowest BCUT2D eigenvalue weighted by atomic mass is 10.1. The molecule has 0 radical (unpaired) electrons. The van der Waals surface area contributed by atoms with E-state index in [1.807, 2.05) is 22.6 Å². The van der Waals surface area contributed by atoms with Crippen molar-refractivity contribution in [3.8, 4) is 0 Å². The first-order valence-electron chi connectivity index (χ1n) is 5.23. The van der Waals surface area contributed by atoms with Crippen LogP contribution in [0.4, 0.5) is 24.1 Å². The summed E-state index contributed by atoms with van der Waals surface area (Å²) >= 11 is 3.20. The standard InChI is InChI=1S/C11H8F3IN4S/c12-11(13,14)7-1-2-8(15)6(3-7)4-17-19-10-18-9(16)5-20-10/h1-5H,16H2,(H,18,19). The number of thiazole rings is 1. The number of benzene rings is 1. The molecule has 9 heteroatoms. The van der Waals surface area contributed by atoms with Gasteiger partial charge < -0.3 is 5.73 Å². The van der Waals surface area contributed by atoms with Gasteiger partial charge in [-0.05, 0) is 40.8 Å². The smallest absolute Gasteiger partial charge is 0.383 e. The van der Waals surface area contributed by atoms with Crippen molar-refractivity contribution in [2.45, 2.75) is 6.18 Å². The highest BCUT2D eigenvalue weighted by Crippen LogP contribution is 2.30. The maximum atomic E-state index is 12.6. The molecule has 0 spiro atoms. The van der Waals surface area contributed by atoms with Gasteiger partial charge in [0.25, 0.3) is 0 Å². The van der Waals surface area contributed by atoms with E-state index in [9.17, 15) is 13.2 Å². The van der Waals surface area contributed by atoms with E-state index in [1.165, 1.54) is 23.6 Å². The van der Waals surface area contributed by atoms with Crippen molar-refractivity contribution in [1.82, 2.24) is 4.98 Å². The molecule has 0 aliphatic rings. The number of rotatable bonds is 3. The third-order valence-corrected chi connectivity index (χ3v) is 3.96. The number of hydrogen-bond donors (Lipinski definition) is 2. The summed E-state index contributed by atoms with van der Waals surface area (Å²) in [7, 11) is 0. The fourth-order valence-corrected chi connectivity index (χ4v) is 2.34. The number of alkyl halides is 3. The number of hydrazone groups is 1. The van der Waals surface area contributed by atoms with Gasteiger partial charge in [-0.15, -0.1) is 11.3 Å². The Morgan fingerprint density at radius 2 is 2.15 bits per heavy atom. The SMILES string of the molecule is Nc1csc(NN=Cc2cc(C(F)(F)F)ccc2I)n1. The second-order valence-corrected chi connectivity index (χ2v) is 5.70. The average molecular weight is 412 g/mol. The molecule has 2 aromatic rings. The Morgan fingerprint density at radius 1 is 1.40 bits per heavy atom. The quantitative estimate of drug-likeness (QED) is 0.458. The summed E-state index contributed by atoms with van der Waals surface area (Å²) in [6.07, 6.45) is -3.06. The zero-order valence-corrected chi connectivity index (χ0v) is 12.8. The van der Waals surface area contributed by atoms with Crippen LogP contribution in [-0.2, 0) is 6.18 Å². The molecule has 0 amide bonds. The lowest BCUT2D eigenvalue weighted by molar-refractivity contribution is -0.137. The molecular weight excluding hydrogens is 404 g/mol. The van der Waals surface area contributed by atoms with E-state index in [0.717, 1.165) is 12.1 Å². The fraction of sp³-hybridized carbons (Fsp3) is 0.0909. The monoisotopic (exact) mass is 412 g/mol. The van der Waals surface area contributed by atoms with Gasteiger partial charge in [-0.3, -0.25) is 5.43 Å². The minimum Gasteiger partial charge on any atom is -0.383 e. The first-order chi connectivity index (χ1) is 9.36. The normalized spacial score (nSPS) is 12.0. The van der Waals surface area contributed by atoms with Crippen LogP contribution in [0, 0.1) is 3.57 Å². The predicted molar refractivity (Wildman–Crippen MR) is 81.9 cm³/mol. The highest BCUT2D eigenvalue weighted by molar-refractivity contribution is 14.1. The number of nitrogens with one attached hydrogen (secondary N) is 1. The van der Waals surface area contributed by atoms with Crippen molar-refractivity contribution in [2.24, 2.45) is 5.10 Å². The molecule has 0 unspecified atom stereocenters. The van der Waals surface area contributed by atoms with Crippen LogP contribution in [0.2, 0.25) is 0 Å². The van der Waals surface area contributed by atoms with Crippen LogP contribution in [0.3, 0.4) is 0 Å². The Hall–Kier alpha value is -1.36. The number of hydrogen-bond acceptors (Lipinski definition) is 5. The molecular formula is C11H8F3IN4S. The molecule has 1 aromatic heterocycles. The number of aromatic nitrogens is 1. The minimum absolute atomic E-state index is 0.362. The van der Waals surface area contributed by atoms with E-state index in [0.29, 0.717) is 20.1 Å². The highest BCUT2D eigenvalue weighted by Gasteiger charge is 2.30. The van der Waals surface area contributed by atoms with Crippen LogP contribution >= 0.6 is 33.9 Å². The van der Waals surface area contributed by atoms with Gasteiger partial charge in [-0.2, -0.15) is 18.3 Å². The van der Waals surface area contributed by atoms with Gasteiger partial charge in [-0.25, -0.2) is 4.98 Å². The largest absolute Gasteiger partial charge is 0.416 e. The van der Waals surface area contributed by atoms with Gasteiger partial charge in [0.15, 0.2) is 0 Å². The van der Waals surface area contributed by atoms with E-state index < -0.39 is 11.7 Å². The summed E-state index contributed by atoms with van der Waals surface area (Å²) in [5.41, 5.74) is 7.71. The summed E-state index contributed by atoms with van der Waals surface area (Å²) in [6, 6.07) is 3.48. The molecule has 0 saturated heterocycles. The van der Waals surface area contributed by atoms with Gasteiger partial charge in [0, 0.05) is 14.5 Å². The first kappa shape index (κ1) is 15.0. The molecule has 0 atom stereocenters. The Labute approximate surface area is 130 Å². The van der Waals surface area contributed by atoms with E-state index in [-0.39, 0.29) is 0 Å². The number of halogens is 4. The van der Waals surface area contributed by atoms with Crippen LogP contribution < -0.4 is 11.2 Å². The second kappa shape index (κ2) is 5.95. The maximum Gasteiger partial charge on any atom is 0.416 e. The topological polar surface area (TPSA) is 63.3 Å². The fourth-order valence-electron chi connectivity index (χ4n) is 1.31.